The van der Waals surface area contributed by atoms with Gasteiger partial charge in [-0.05, 0) is 122 Å². The molecule has 0 spiro atoms. The average Bonchev–Trinajstić information content (AvgIpc) is 3.13. The van der Waals surface area contributed by atoms with E-state index in [1.54, 1.807) is 0 Å². The summed E-state index contributed by atoms with van der Waals surface area (Å²) in [6, 6.07) is 61.0. The van der Waals surface area contributed by atoms with Gasteiger partial charge in [0.1, 0.15) is 0 Å². The van der Waals surface area contributed by atoms with Gasteiger partial charge in [-0.15, -0.1) is 0 Å². The molecule has 0 atom stereocenters. The summed E-state index contributed by atoms with van der Waals surface area (Å²) >= 11 is 0. The number of rotatable bonds is 3. The lowest BCUT2D eigenvalue weighted by atomic mass is 9.80. The van der Waals surface area contributed by atoms with E-state index in [2.05, 4.69) is 185 Å². The fourth-order valence-electron chi connectivity index (χ4n) is 7.71. The zero-order chi connectivity index (χ0) is 32.4. The van der Waals surface area contributed by atoms with Crippen molar-refractivity contribution in [2.45, 2.75) is 26.2 Å². The van der Waals surface area contributed by atoms with Crippen molar-refractivity contribution >= 4 is 53.9 Å². The van der Waals surface area contributed by atoms with E-state index < -0.39 is 0 Å². The van der Waals surface area contributed by atoms with Gasteiger partial charge in [0.2, 0.25) is 0 Å². The normalized spacial score (nSPS) is 12.1. The molecule has 0 radical (unpaired) electrons. The first kappa shape index (κ1) is 28.5. The molecule has 0 saturated carbocycles. The van der Waals surface area contributed by atoms with Crippen LogP contribution in [0.15, 0.2) is 164 Å². The topological polar surface area (TPSA) is 0 Å². The summed E-state index contributed by atoms with van der Waals surface area (Å²) in [7, 11) is 0. The van der Waals surface area contributed by atoms with Crippen LogP contribution in [-0.2, 0) is 5.41 Å². The molecule has 0 aliphatic carbocycles. The summed E-state index contributed by atoms with van der Waals surface area (Å²) in [5, 5.41) is 12.8. The van der Waals surface area contributed by atoms with E-state index in [-0.39, 0.29) is 5.41 Å². The highest BCUT2D eigenvalue weighted by molar-refractivity contribution is 6.26. The van der Waals surface area contributed by atoms with Crippen LogP contribution in [-0.4, -0.2) is 0 Å². The number of benzene rings is 9. The fourth-order valence-corrected chi connectivity index (χ4v) is 7.71. The highest BCUT2D eigenvalue weighted by Gasteiger charge is 2.22. The van der Waals surface area contributed by atoms with E-state index in [4.69, 9.17) is 0 Å². The Kier molecular flexibility index (Phi) is 6.49. The van der Waals surface area contributed by atoms with E-state index in [1.807, 2.05) is 0 Å². The van der Waals surface area contributed by atoms with E-state index >= 15 is 0 Å². The fraction of sp³-hybridized carbons (Fsp3) is 0.0833. The van der Waals surface area contributed by atoms with Gasteiger partial charge in [0, 0.05) is 0 Å². The number of hydrogen-bond acceptors (Lipinski definition) is 0. The summed E-state index contributed by atoms with van der Waals surface area (Å²) in [5.41, 5.74) is 8.91. The van der Waals surface area contributed by atoms with E-state index in [0.29, 0.717) is 0 Å². The van der Waals surface area contributed by atoms with Crippen LogP contribution in [0.3, 0.4) is 0 Å². The molecule has 0 aromatic heterocycles. The van der Waals surface area contributed by atoms with E-state index in [9.17, 15) is 0 Å². The molecule has 0 saturated heterocycles. The Morgan fingerprint density at radius 2 is 0.917 bits per heavy atom. The Balaban J connectivity index is 1.50. The lowest BCUT2D eigenvalue weighted by Crippen LogP contribution is -2.10. The molecule has 0 heterocycles. The Labute approximate surface area is 281 Å². The minimum absolute atomic E-state index is 0.00610. The lowest BCUT2D eigenvalue weighted by Gasteiger charge is -2.24. The Morgan fingerprint density at radius 1 is 0.312 bits per heavy atom. The summed E-state index contributed by atoms with van der Waals surface area (Å²) in [4.78, 5) is 0. The summed E-state index contributed by atoms with van der Waals surface area (Å²) < 4.78 is 0. The van der Waals surface area contributed by atoms with Gasteiger partial charge in [-0.2, -0.15) is 0 Å². The Morgan fingerprint density at radius 3 is 1.71 bits per heavy atom. The van der Waals surface area contributed by atoms with Gasteiger partial charge in [-0.25, -0.2) is 0 Å². The maximum Gasteiger partial charge on any atom is -0.00198 e. The Hall–Kier alpha value is -5.72. The highest BCUT2D eigenvalue weighted by Crippen LogP contribution is 2.48. The second kappa shape index (κ2) is 10.9. The predicted molar refractivity (Wildman–Crippen MR) is 209 cm³/mol. The maximum atomic E-state index is 2.48. The van der Waals surface area contributed by atoms with Crippen molar-refractivity contribution in [3.63, 3.8) is 0 Å². The third-order valence-electron chi connectivity index (χ3n) is 10.2. The van der Waals surface area contributed by atoms with Gasteiger partial charge < -0.3 is 0 Å². The van der Waals surface area contributed by atoms with E-state index in [0.717, 1.165) is 0 Å². The minimum Gasteiger partial charge on any atom is -0.0622 e. The van der Waals surface area contributed by atoms with Crippen LogP contribution in [0.1, 0.15) is 26.3 Å². The molecule has 228 valence electrons. The molecule has 0 heteroatoms. The maximum absolute atomic E-state index is 2.48. The molecule has 9 rings (SSSR count). The molecule has 0 N–H and O–H groups in total. The van der Waals surface area contributed by atoms with Crippen molar-refractivity contribution < 1.29 is 0 Å². The van der Waals surface area contributed by atoms with Crippen molar-refractivity contribution in [3.8, 4) is 33.4 Å². The van der Waals surface area contributed by atoms with Gasteiger partial charge in [-0.3, -0.25) is 0 Å². The van der Waals surface area contributed by atoms with Crippen molar-refractivity contribution in [1.82, 2.24) is 0 Å². The molecular weight excluding hydrogens is 577 g/mol. The SMILES string of the molecule is CC(C)(C)c1ccc2c(-c3ccc4ccccc4c3)c3cc(-c4ccccc4)ccc3c(-c3cc4ccccc4c4ccccc34)c2c1. The highest BCUT2D eigenvalue weighted by atomic mass is 14.3. The lowest BCUT2D eigenvalue weighted by molar-refractivity contribution is 0.591. The third-order valence-corrected chi connectivity index (χ3v) is 10.2. The van der Waals surface area contributed by atoms with Gasteiger partial charge >= 0.3 is 0 Å². The standard InChI is InChI=1S/C48H36/c1-48(2,3)37-24-26-41-45(30-37)47(43-29-35-17-9-10-18-38(35)39-19-11-12-20-40(39)43)42-25-23-34(31-13-5-4-6-14-31)28-44(42)46(41)36-22-21-32-15-7-8-16-33(32)27-36/h4-30H,1-3H3. The van der Waals surface area contributed by atoms with Crippen LogP contribution in [0, 0.1) is 0 Å². The number of hydrogen-bond donors (Lipinski definition) is 0. The van der Waals surface area contributed by atoms with Crippen LogP contribution < -0.4 is 0 Å². The van der Waals surface area contributed by atoms with Crippen molar-refractivity contribution in [1.29, 1.82) is 0 Å². The molecule has 0 fully saturated rings. The van der Waals surface area contributed by atoms with Crippen LogP contribution in [0.4, 0.5) is 0 Å². The third kappa shape index (κ3) is 4.60. The van der Waals surface area contributed by atoms with Gasteiger partial charge in [0.25, 0.3) is 0 Å². The average molecular weight is 613 g/mol. The zero-order valence-electron chi connectivity index (χ0n) is 27.6. The molecule has 9 aromatic carbocycles. The molecule has 0 aliphatic heterocycles. The first-order valence-electron chi connectivity index (χ1n) is 16.9. The minimum atomic E-state index is 0.00610. The Bertz CT molecular complexity index is 2690. The van der Waals surface area contributed by atoms with Gasteiger partial charge in [0.05, 0.1) is 0 Å². The van der Waals surface area contributed by atoms with Crippen LogP contribution in [0.2, 0.25) is 0 Å². The van der Waals surface area contributed by atoms with Crippen molar-refractivity contribution in [3.05, 3.63) is 169 Å². The summed E-state index contributed by atoms with van der Waals surface area (Å²) in [6.07, 6.45) is 0. The monoisotopic (exact) mass is 612 g/mol. The second-order valence-corrected chi connectivity index (χ2v) is 14.1. The molecule has 9 aromatic rings. The van der Waals surface area contributed by atoms with Crippen molar-refractivity contribution in [2.24, 2.45) is 0 Å². The molecular formula is C48H36. The van der Waals surface area contributed by atoms with Crippen LogP contribution in [0.25, 0.3) is 87.2 Å². The predicted octanol–water partition coefficient (Wildman–Crippen LogP) is 13.8. The molecule has 0 unspecified atom stereocenters. The van der Waals surface area contributed by atoms with E-state index in [1.165, 1.54) is 92.8 Å². The molecule has 0 amide bonds. The first-order valence-corrected chi connectivity index (χ1v) is 16.9. The largest absolute Gasteiger partial charge is 0.0622 e. The summed E-state index contributed by atoms with van der Waals surface area (Å²) in [5.74, 6) is 0. The quantitative estimate of drug-likeness (QED) is 0.138. The zero-order valence-corrected chi connectivity index (χ0v) is 27.6. The smallest absolute Gasteiger partial charge is 0.00198 e. The number of fused-ring (bicyclic) bond motifs is 6. The summed E-state index contributed by atoms with van der Waals surface area (Å²) in [6.45, 7) is 6.95. The second-order valence-electron chi connectivity index (χ2n) is 14.1. The molecule has 48 heavy (non-hydrogen) atoms. The van der Waals surface area contributed by atoms with Crippen LogP contribution >= 0.6 is 0 Å². The van der Waals surface area contributed by atoms with Gasteiger partial charge in [0.15, 0.2) is 0 Å². The van der Waals surface area contributed by atoms with Gasteiger partial charge in [-0.1, -0.05) is 160 Å². The molecule has 0 aliphatic rings. The van der Waals surface area contributed by atoms with Crippen LogP contribution in [0.5, 0.6) is 0 Å². The molecule has 0 bridgehead atoms. The first-order chi connectivity index (χ1) is 23.4. The molecule has 0 nitrogen and oxygen atoms in total. The van der Waals surface area contributed by atoms with Crippen molar-refractivity contribution in [2.75, 3.05) is 0 Å².